The molecule has 92 valence electrons. The van der Waals surface area contributed by atoms with Crippen LogP contribution in [0.1, 0.15) is 19.3 Å². The van der Waals surface area contributed by atoms with Crippen molar-refractivity contribution in [1.82, 2.24) is 15.1 Å². The van der Waals surface area contributed by atoms with Gasteiger partial charge in [0.05, 0.1) is 0 Å². The van der Waals surface area contributed by atoms with Gasteiger partial charge in [-0.1, -0.05) is 0 Å². The van der Waals surface area contributed by atoms with E-state index in [2.05, 4.69) is 29.2 Å². The van der Waals surface area contributed by atoms with Crippen molar-refractivity contribution in [1.29, 1.82) is 0 Å². The third-order valence-electron chi connectivity index (χ3n) is 5.19. The number of nitrogens with zero attached hydrogens (tertiary/aromatic N) is 2. The van der Waals surface area contributed by atoms with Gasteiger partial charge >= 0.3 is 0 Å². The Bertz CT molecular complexity index is 248. The second-order valence-electron chi connectivity index (χ2n) is 5.93. The van der Waals surface area contributed by atoms with Gasteiger partial charge in [-0.15, -0.1) is 0 Å². The largest absolute Gasteiger partial charge is 0.320 e. The first-order valence-corrected chi connectivity index (χ1v) is 6.90. The first kappa shape index (κ1) is 11.0. The highest BCUT2D eigenvalue weighted by Gasteiger charge is 2.50. The molecule has 0 amide bonds. The van der Waals surface area contributed by atoms with Crippen molar-refractivity contribution in [3.05, 3.63) is 0 Å². The quantitative estimate of drug-likeness (QED) is 0.757. The molecule has 0 aliphatic carbocycles. The Morgan fingerprint density at radius 2 is 2.00 bits per heavy atom. The third-order valence-corrected chi connectivity index (χ3v) is 5.19. The zero-order valence-corrected chi connectivity index (χ0v) is 10.7. The molecule has 2 bridgehead atoms. The summed E-state index contributed by atoms with van der Waals surface area (Å²) in [6.45, 7) is 5.25. The lowest BCUT2D eigenvalue weighted by molar-refractivity contribution is 0.00296. The van der Waals surface area contributed by atoms with E-state index in [0.29, 0.717) is 0 Å². The molecule has 4 rings (SSSR count). The molecule has 4 saturated heterocycles. The Morgan fingerprint density at radius 3 is 2.69 bits per heavy atom. The Morgan fingerprint density at radius 1 is 1.25 bits per heavy atom. The van der Waals surface area contributed by atoms with Crippen LogP contribution in [0.25, 0.3) is 0 Å². The smallest absolute Gasteiger partial charge is 0.0295 e. The lowest BCUT2D eigenvalue weighted by atomic mass is 9.73. The highest BCUT2D eigenvalue weighted by molar-refractivity contribution is 5.05. The Balaban J connectivity index is 1.75. The van der Waals surface area contributed by atoms with E-state index in [9.17, 15) is 0 Å². The summed E-state index contributed by atoms with van der Waals surface area (Å²) in [5, 5.41) is 3.31. The summed E-state index contributed by atoms with van der Waals surface area (Å²) >= 11 is 0. The molecule has 4 fully saturated rings. The van der Waals surface area contributed by atoms with Gasteiger partial charge in [0, 0.05) is 18.6 Å². The molecular weight excluding hydrogens is 198 g/mol. The molecule has 0 saturated carbocycles. The standard InChI is InChI=1S/C13H25N3/c1-14-6-3-12-13-11(9-15(12)2)10-4-7-16(13)8-5-10/h10-14H,3-9H2,1-2H3. The van der Waals surface area contributed by atoms with Crippen molar-refractivity contribution in [3.8, 4) is 0 Å². The van der Waals surface area contributed by atoms with E-state index in [1.807, 2.05) is 0 Å². The van der Waals surface area contributed by atoms with Crippen molar-refractivity contribution in [2.45, 2.75) is 31.3 Å². The fourth-order valence-electron chi connectivity index (χ4n) is 4.39. The lowest BCUT2D eigenvalue weighted by Crippen LogP contribution is -2.57. The van der Waals surface area contributed by atoms with Crippen molar-refractivity contribution in [2.75, 3.05) is 40.3 Å². The van der Waals surface area contributed by atoms with Crippen LogP contribution in [0.15, 0.2) is 0 Å². The summed E-state index contributed by atoms with van der Waals surface area (Å²) in [6.07, 6.45) is 4.25. The van der Waals surface area contributed by atoms with E-state index >= 15 is 0 Å². The van der Waals surface area contributed by atoms with E-state index in [1.54, 1.807) is 0 Å². The highest BCUT2D eigenvalue weighted by Crippen LogP contribution is 2.44. The van der Waals surface area contributed by atoms with E-state index in [4.69, 9.17) is 0 Å². The van der Waals surface area contributed by atoms with Crippen LogP contribution in [-0.2, 0) is 0 Å². The molecule has 3 heteroatoms. The molecule has 16 heavy (non-hydrogen) atoms. The maximum absolute atomic E-state index is 3.31. The Hall–Kier alpha value is -0.120. The lowest BCUT2D eigenvalue weighted by Gasteiger charge is -2.49. The maximum Gasteiger partial charge on any atom is 0.0295 e. The second-order valence-corrected chi connectivity index (χ2v) is 5.93. The molecule has 0 aromatic rings. The van der Waals surface area contributed by atoms with Gasteiger partial charge in [-0.3, -0.25) is 4.90 Å². The number of rotatable bonds is 3. The van der Waals surface area contributed by atoms with Gasteiger partial charge in [-0.2, -0.15) is 0 Å². The Kier molecular flexibility index (Phi) is 2.94. The molecule has 4 aliphatic heterocycles. The first-order chi connectivity index (χ1) is 7.81. The summed E-state index contributed by atoms with van der Waals surface area (Å²) in [5.74, 6) is 2.02. The van der Waals surface area contributed by atoms with Crippen molar-refractivity contribution in [2.24, 2.45) is 11.8 Å². The fraction of sp³-hybridized carbons (Fsp3) is 1.00. The van der Waals surface area contributed by atoms with Gasteiger partial charge in [-0.25, -0.2) is 0 Å². The minimum Gasteiger partial charge on any atom is -0.320 e. The van der Waals surface area contributed by atoms with Gasteiger partial charge in [0.2, 0.25) is 0 Å². The predicted octanol–water partition coefficient (Wildman–Crippen LogP) is 0.620. The first-order valence-electron chi connectivity index (χ1n) is 6.90. The molecule has 4 heterocycles. The van der Waals surface area contributed by atoms with Crippen LogP contribution in [0.3, 0.4) is 0 Å². The second kappa shape index (κ2) is 4.28. The van der Waals surface area contributed by atoms with Crippen LogP contribution in [0.5, 0.6) is 0 Å². The molecule has 0 spiro atoms. The van der Waals surface area contributed by atoms with Gasteiger partial charge < -0.3 is 10.2 Å². The van der Waals surface area contributed by atoms with Crippen LogP contribution in [0, 0.1) is 11.8 Å². The minimum atomic E-state index is 0.806. The summed E-state index contributed by atoms with van der Waals surface area (Å²) in [6, 6.07) is 1.69. The van der Waals surface area contributed by atoms with Gasteiger partial charge in [0.1, 0.15) is 0 Å². The topological polar surface area (TPSA) is 18.5 Å². The maximum atomic E-state index is 3.31. The minimum absolute atomic E-state index is 0.806. The predicted molar refractivity (Wildman–Crippen MR) is 66.5 cm³/mol. The molecule has 0 radical (unpaired) electrons. The average Bonchev–Trinajstić information content (AvgIpc) is 2.66. The van der Waals surface area contributed by atoms with Crippen molar-refractivity contribution >= 4 is 0 Å². The van der Waals surface area contributed by atoms with Crippen LogP contribution >= 0.6 is 0 Å². The van der Waals surface area contributed by atoms with E-state index < -0.39 is 0 Å². The van der Waals surface area contributed by atoms with Gasteiger partial charge in [-0.05, 0) is 64.8 Å². The normalized spacial score (nSPS) is 47.2. The summed E-state index contributed by atoms with van der Waals surface area (Å²) in [4.78, 5) is 5.41. The van der Waals surface area contributed by atoms with Crippen molar-refractivity contribution in [3.63, 3.8) is 0 Å². The molecule has 3 unspecified atom stereocenters. The van der Waals surface area contributed by atoms with E-state index in [1.165, 1.54) is 38.9 Å². The summed E-state index contributed by atoms with van der Waals surface area (Å²) < 4.78 is 0. The number of nitrogens with one attached hydrogen (secondary N) is 1. The molecule has 3 nitrogen and oxygen atoms in total. The monoisotopic (exact) mass is 223 g/mol. The van der Waals surface area contributed by atoms with E-state index in [-0.39, 0.29) is 0 Å². The zero-order valence-electron chi connectivity index (χ0n) is 10.7. The molecule has 4 aliphatic rings. The highest BCUT2D eigenvalue weighted by atomic mass is 15.3. The molecule has 3 atom stereocenters. The summed E-state index contributed by atoms with van der Waals surface area (Å²) in [7, 11) is 4.40. The number of piperidine rings is 3. The number of likely N-dealkylation sites (N-methyl/N-ethyl adjacent to an activating group) is 1. The summed E-state index contributed by atoms with van der Waals surface area (Å²) in [5.41, 5.74) is 0. The van der Waals surface area contributed by atoms with E-state index in [0.717, 1.165) is 30.5 Å². The number of hydrogen-bond acceptors (Lipinski definition) is 3. The number of hydrogen-bond donors (Lipinski definition) is 1. The SMILES string of the molecule is CNCCC1C2C(CN1C)C1CCN2CC1. The van der Waals surface area contributed by atoms with Crippen LogP contribution in [0.4, 0.5) is 0 Å². The Labute approximate surface area is 99.2 Å². The zero-order chi connectivity index (χ0) is 11.1. The van der Waals surface area contributed by atoms with Crippen LogP contribution in [-0.4, -0.2) is 62.2 Å². The van der Waals surface area contributed by atoms with Crippen LogP contribution in [0.2, 0.25) is 0 Å². The number of fused-ring (bicyclic) bond motifs is 2. The third kappa shape index (κ3) is 1.60. The molecule has 0 aromatic carbocycles. The van der Waals surface area contributed by atoms with Crippen LogP contribution < -0.4 is 5.32 Å². The molecule has 1 N–H and O–H groups in total. The number of likely N-dealkylation sites (tertiary alicyclic amines) is 1. The van der Waals surface area contributed by atoms with Crippen molar-refractivity contribution < 1.29 is 0 Å². The van der Waals surface area contributed by atoms with Gasteiger partial charge in [0.25, 0.3) is 0 Å². The molecule has 0 aromatic heterocycles. The van der Waals surface area contributed by atoms with Gasteiger partial charge in [0.15, 0.2) is 0 Å². The average molecular weight is 223 g/mol. The molecular formula is C13H25N3. The fourth-order valence-corrected chi connectivity index (χ4v) is 4.39.